The number of ether oxygens (including phenoxy) is 2. The molecule has 34 heavy (non-hydrogen) atoms. The molecule has 0 aliphatic heterocycles. The van der Waals surface area contributed by atoms with Gasteiger partial charge in [-0.3, -0.25) is 4.79 Å². The van der Waals surface area contributed by atoms with Gasteiger partial charge in [0.15, 0.2) is 0 Å². The number of benzene rings is 2. The van der Waals surface area contributed by atoms with E-state index in [1.165, 1.54) is 6.20 Å². The molecule has 0 atom stereocenters. The quantitative estimate of drug-likeness (QED) is 0.374. The maximum Gasteiger partial charge on any atom is 0.254 e. The van der Waals surface area contributed by atoms with Crippen molar-refractivity contribution in [1.82, 2.24) is 14.5 Å². The van der Waals surface area contributed by atoms with Gasteiger partial charge < -0.3 is 18.9 Å². The average molecular weight is 506 g/mol. The fourth-order valence-electron chi connectivity index (χ4n) is 3.50. The van der Waals surface area contributed by atoms with Crippen LogP contribution < -0.4 is 0 Å². The van der Waals surface area contributed by atoms with Gasteiger partial charge in [-0.15, -0.1) is 0 Å². The van der Waals surface area contributed by atoms with Crippen molar-refractivity contribution in [2.45, 2.75) is 24.0 Å². The fraction of sp³-hybridized carbons (Fsp3) is 0.333. The average Bonchev–Trinajstić information content (AvgIpc) is 3.23. The first kappa shape index (κ1) is 25.9. The first-order valence-electron chi connectivity index (χ1n) is 10.7. The largest absolute Gasteiger partial charge is 0.383 e. The Morgan fingerprint density at radius 2 is 1.79 bits per heavy atom. The van der Waals surface area contributed by atoms with E-state index in [0.717, 1.165) is 0 Å². The smallest absolute Gasteiger partial charge is 0.254 e. The Hall–Kier alpha value is -2.72. The number of hydrogen-bond acceptors (Lipinski definition) is 6. The van der Waals surface area contributed by atoms with Crippen LogP contribution in [0.1, 0.15) is 21.6 Å². The van der Waals surface area contributed by atoms with E-state index in [4.69, 9.17) is 21.1 Å². The number of amides is 1. The summed E-state index contributed by atoms with van der Waals surface area (Å²) in [5, 5.41) is 0.405. The van der Waals surface area contributed by atoms with E-state index in [1.54, 1.807) is 72.2 Å². The molecule has 0 N–H and O–H groups in total. The van der Waals surface area contributed by atoms with Crippen molar-refractivity contribution >= 4 is 27.3 Å². The minimum absolute atomic E-state index is 0.0506. The molecule has 0 spiro atoms. The summed E-state index contributed by atoms with van der Waals surface area (Å²) in [7, 11) is -0.635. The Balaban J connectivity index is 1.93. The molecule has 3 aromatic rings. The molecule has 0 unspecified atom stereocenters. The molecule has 0 saturated heterocycles. The lowest BCUT2D eigenvalue weighted by atomic mass is 10.2. The van der Waals surface area contributed by atoms with Crippen LogP contribution in [0, 0.1) is 0 Å². The number of methoxy groups -OCH3 is 2. The molecule has 182 valence electrons. The van der Waals surface area contributed by atoms with E-state index in [0.29, 0.717) is 35.0 Å². The van der Waals surface area contributed by atoms with Crippen molar-refractivity contribution in [3.8, 4) is 0 Å². The van der Waals surface area contributed by atoms with Crippen LogP contribution in [0.2, 0.25) is 5.02 Å². The second kappa shape index (κ2) is 12.1. The molecule has 0 bridgehead atoms. The third kappa shape index (κ3) is 6.66. The standard InChI is InChI=1S/C24H28ClN3O5S/c1-32-13-11-27(23(29)20-9-6-10-21(25)15-20)17-22-16-26-24(28(22)12-14-33-2)34(30,31)18-19-7-4-3-5-8-19/h3-10,15-16H,11-14,17-18H2,1-2H3. The molecule has 1 aromatic heterocycles. The second-order valence-corrected chi connectivity index (χ2v) is 9.97. The van der Waals surface area contributed by atoms with Gasteiger partial charge in [0, 0.05) is 37.9 Å². The number of carbonyl (C=O) groups is 1. The lowest BCUT2D eigenvalue weighted by Crippen LogP contribution is -2.34. The van der Waals surface area contributed by atoms with Crippen molar-refractivity contribution in [2.75, 3.05) is 34.0 Å². The lowest BCUT2D eigenvalue weighted by Gasteiger charge is -2.23. The van der Waals surface area contributed by atoms with Crippen molar-refractivity contribution in [3.63, 3.8) is 0 Å². The van der Waals surface area contributed by atoms with Crippen LogP contribution in [0.3, 0.4) is 0 Å². The zero-order chi connectivity index (χ0) is 24.6. The van der Waals surface area contributed by atoms with E-state index in [1.807, 2.05) is 6.07 Å². The summed E-state index contributed by atoms with van der Waals surface area (Å²) < 4.78 is 38.4. The van der Waals surface area contributed by atoms with Gasteiger partial charge >= 0.3 is 0 Å². The molecule has 3 rings (SSSR count). The number of carbonyl (C=O) groups excluding carboxylic acids is 1. The van der Waals surface area contributed by atoms with Gasteiger partial charge in [-0.05, 0) is 23.8 Å². The summed E-state index contributed by atoms with van der Waals surface area (Å²) in [6, 6.07) is 15.6. The molecule has 0 aliphatic carbocycles. The third-order valence-corrected chi connectivity index (χ3v) is 7.01. The van der Waals surface area contributed by atoms with Crippen LogP contribution in [0.15, 0.2) is 66.0 Å². The molecular weight excluding hydrogens is 478 g/mol. The number of rotatable bonds is 12. The summed E-state index contributed by atoms with van der Waals surface area (Å²) in [5.41, 5.74) is 1.68. The van der Waals surface area contributed by atoms with Crippen LogP contribution in [0.25, 0.3) is 0 Å². The van der Waals surface area contributed by atoms with E-state index >= 15 is 0 Å². The molecular formula is C24H28ClN3O5S. The zero-order valence-corrected chi connectivity index (χ0v) is 20.8. The number of aromatic nitrogens is 2. The van der Waals surface area contributed by atoms with Crippen LogP contribution >= 0.6 is 11.6 Å². The monoisotopic (exact) mass is 505 g/mol. The van der Waals surface area contributed by atoms with Crippen LogP contribution in [0.5, 0.6) is 0 Å². The normalized spacial score (nSPS) is 11.5. The highest BCUT2D eigenvalue weighted by Crippen LogP contribution is 2.20. The van der Waals surface area contributed by atoms with E-state index in [-0.39, 0.29) is 36.5 Å². The molecule has 0 saturated carbocycles. The lowest BCUT2D eigenvalue weighted by molar-refractivity contribution is 0.0674. The van der Waals surface area contributed by atoms with E-state index < -0.39 is 9.84 Å². The van der Waals surface area contributed by atoms with E-state index in [9.17, 15) is 13.2 Å². The van der Waals surface area contributed by atoms with Crippen molar-refractivity contribution in [3.05, 3.63) is 82.6 Å². The number of halogens is 1. The topological polar surface area (TPSA) is 90.7 Å². The van der Waals surface area contributed by atoms with Gasteiger partial charge in [0.05, 0.1) is 37.4 Å². The molecule has 1 amide bonds. The first-order valence-corrected chi connectivity index (χ1v) is 12.7. The molecule has 10 heteroatoms. The highest BCUT2D eigenvalue weighted by molar-refractivity contribution is 7.90. The van der Waals surface area contributed by atoms with Gasteiger partial charge in [-0.1, -0.05) is 48.0 Å². The number of sulfone groups is 1. The Morgan fingerprint density at radius 3 is 2.47 bits per heavy atom. The molecule has 1 heterocycles. The summed E-state index contributed by atoms with van der Waals surface area (Å²) in [6.07, 6.45) is 1.50. The summed E-state index contributed by atoms with van der Waals surface area (Å²) >= 11 is 6.07. The zero-order valence-electron chi connectivity index (χ0n) is 19.2. The molecule has 0 aliphatic rings. The van der Waals surface area contributed by atoms with Gasteiger partial charge in [0.2, 0.25) is 15.0 Å². The van der Waals surface area contributed by atoms with E-state index in [2.05, 4.69) is 4.98 Å². The molecule has 0 radical (unpaired) electrons. The maximum absolute atomic E-state index is 13.2. The molecule has 8 nitrogen and oxygen atoms in total. The fourth-order valence-corrected chi connectivity index (χ4v) is 5.21. The second-order valence-electron chi connectivity index (χ2n) is 7.65. The van der Waals surface area contributed by atoms with Crippen LogP contribution in [-0.2, 0) is 38.2 Å². The Bertz CT molecular complexity index is 1200. The van der Waals surface area contributed by atoms with Gasteiger partial charge in [-0.25, -0.2) is 13.4 Å². The highest BCUT2D eigenvalue weighted by Gasteiger charge is 2.26. The Morgan fingerprint density at radius 1 is 1.06 bits per heavy atom. The third-order valence-electron chi connectivity index (χ3n) is 5.18. The van der Waals surface area contributed by atoms with Crippen molar-refractivity contribution in [2.24, 2.45) is 0 Å². The minimum atomic E-state index is -3.73. The van der Waals surface area contributed by atoms with Crippen LogP contribution in [-0.4, -0.2) is 62.8 Å². The minimum Gasteiger partial charge on any atom is -0.383 e. The predicted molar refractivity (Wildman–Crippen MR) is 130 cm³/mol. The first-order chi connectivity index (χ1) is 16.4. The van der Waals surface area contributed by atoms with Gasteiger partial charge in [0.25, 0.3) is 5.91 Å². The van der Waals surface area contributed by atoms with Gasteiger partial charge in [-0.2, -0.15) is 0 Å². The maximum atomic E-state index is 13.2. The highest BCUT2D eigenvalue weighted by atomic mass is 35.5. The molecule has 2 aromatic carbocycles. The Labute approximate surface area is 205 Å². The van der Waals surface area contributed by atoms with Gasteiger partial charge in [0.1, 0.15) is 0 Å². The van der Waals surface area contributed by atoms with Crippen molar-refractivity contribution in [1.29, 1.82) is 0 Å². The summed E-state index contributed by atoms with van der Waals surface area (Å²) in [6.45, 7) is 1.34. The predicted octanol–water partition coefficient (Wildman–Crippen LogP) is 3.45. The number of nitrogens with zero attached hydrogens (tertiary/aromatic N) is 3. The Kier molecular flexibility index (Phi) is 9.23. The summed E-state index contributed by atoms with van der Waals surface area (Å²) in [4.78, 5) is 19.0. The van der Waals surface area contributed by atoms with Crippen LogP contribution in [0.4, 0.5) is 0 Å². The number of imidazole rings is 1. The summed E-state index contributed by atoms with van der Waals surface area (Å²) in [5.74, 6) is -0.417. The van der Waals surface area contributed by atoms with Crippen molar-refractivity contribution < 1.29 is 22.7 Å². The molecule has 0 fully saturated rings. The number of hydrogen-bond donors (Lipinski definition) is 0. The SMILES string of the molecule is COCCN(Cc1cnc(S(=O)(=O)Cc2ccccc2)n1CCOC)C(=O)c1cccc(Cl)c1.